The molecule has 0 spiro atoms. The van der Waals surface area contributed by atoms with Gasteiger partial charge in [0.05, 0.1) is 6.54 Å². The molecule has 2 aromatic rings. The van der Waals surface area contributed by atoms with Gasteiger partial charge >= 0.3 is 0 Å². The van der Waals surface area contributed by atoms with Crippen LogP contribution in [0.25, 0.3) is 0 Å². The van der Waals surface area contributed by atoms with Crippen molar-refractivity contribution in [1.82, 2.24) is 4.90 Å². The summed E-state index contributed by atoms with van der Waals surface area (Å²) in [6.07, 6.45) is 0. The Morgan fingerprint density at radius 2 is 1.60 bits per heavy atom. The van der Waals surface area contributed by atoms with Gasteiger partial charge in [-0.05, 0) is 29.2 Å². The smallest absolute Gasteiger partial charge is 0.279 e. The lowest BCUT2D eigenvalue weighted by atomic mass is 10.0. The minimum atomic E-state index is -0.475. The quantitative estimate of drug-likeness (QED) is 0.817. The molecule has 0 fully saturated rings. The molecule has 5 heteroatoms. The van der Waals surface area contributed by atoms with Crippen molar-refractivity contribution in [3.05, 3.63) is 76.5 Å². The minimum absolute atomic E-state index is 0.0751. The number of amides is 2. The molecule has 2 amide bonds. The number of hydrogen-bond acceptors (Lipinski definition) is 3. The molecule has 1 aliphatic rings. The van der Waals surface area contributed by atoms with Gasteiger partial charge in [-0.15, -0.1) is 0 Å². The van der Waals surface area contributed by atoms with E-state index >= 15 is 0 Å². The zero-order chi connectivity index (χ0) is 18.0. The zero-order valence-electron chi connectivity index (χ0n) is 14.1. The number of rotatable bonds is 5. The standard InChI is InChI=1S/C20H19ClN2O2/c1-13(2)15-8-10-16(11-9-15)22-18-17(21)19(24)23(20(18)25)12-14-6-4-3-5-7-14/h3-11,13,22H,12H2,1-2H3. The van der Waals surface area contributed by atoms with Crippen molar-refractivity contribution in [2.75, 3.05) is 5.32 Å². The largest absolute Gasteiger partial charge is 0.350 e. The minimum Gasteiger partial charge on any atom is -0.350 e. The number of nitrogens with zero attached hydrogens (tertiary/aromatic N) is 1. The van der Waals surface area contributed by atoms with Gasteiger partial charge in [-0.1, -0.05) is 67.9 Å². The molecule has 128 valence electrons. The van der Waals surface area contributed by atoms with Crippen LogP contribution in [0.4, 0.5) is 5.69 Å². The summed E-state index contributed by atoms with van der Waals surface area (Å²) in [5.41, 5.74) is 2.92. The number of hydrogen-bond donors (Lipinski definition) is 1. The van der Waals surface area contributed by atoms with Crippen LogP contribution in [-0.2, 0) is 16.1 Å². The number of benzene rings is 2. The van der Waals surface area contributed by atoms with E-state index in [0.29, 0.717) is 5.92 Å². The second kappa shape index (κ2) is 7.11. The van der Waals surface area contributed by atoms with E-state index < -0.39 is 11.8 Å². The topological polar surface area (TPSA) is 49.4 Å². The van der Waals surface area contributed by atoms with E-state index in [9.17, 15) is 9.59 Å². The van der Waals surface area contributed by atoms with Crippen LogP contribution < -0.4 is 5.32 Å². The Bertz CT molecular complexity index is 827. The van der Waals surface area contributed by atoms with E-state index in [-0.39, 0.29) is 17.3 Å². The van der Waals surface area contributed by atoms with Crippen molar-refractivity contribution >= 4 is 29.1 Å². The van der Waals surface area contributed by atoms with Gasteiger partial charge in [0.1, 0.15) is 10.7 Å². The molecule has 0 saturated heterocycles. The fraction of sp³-hybridized carbons (Fsp3) is 0.200. The van der Waals surface area contributed by atoms with Crippen LogP contribution in [0.1, 0.15) is 30.9 Å². The summed E-state index contributed by atoms with van der Waals surface area (Å²) in [5.74, 6) is -0.462. The van der Waals surface area contributed by atoms with Gasteiger partial charge in [-0.25, -0.2) is 0 Å². The molecule has 0 atom stereocenters. The number of halogens is 1. The lowest BCUT2D eigenvalue weighted by Crippen LogP contribution is -2.31. The fourth-order valence-electron chi connectivity index (χ4n) is 2.66. The predicted molar refractivity (Wildman–Crippen MR) is 99.0 cm³/mol. The molecule has 0 aromatic heterocycles. The first-order valence-electron chi connectivity index (χ1n) is 8.14. The third-order valence-electron chi connectivity index (χ3n) is 4.14. The van der Waals surface area contributed by atoms with Crippen molar-refractivity contribution in [1.29, 1.82) is 0 Å². The Labute approximate surface area is 152 Å². The predicted octanol–water partition coefficient (Wildman–Crippen LogP) is 4.24. The SMILES string of the molecule is CC(C)c1ccc(NC2=C(Cl)C(=O)N(Cc3ccccc3)C2=O)cc1. The highest BCUT2D eigenvalue weighted by molar-refractivity contribution is 6.48. The van der Waals surface area contributed by atoms with Gasteiger partial charge in [0.25, 0.3) is 11.8 Å². The van der Waals surface area contributed by atoms with E-state index in [1.165, 1.54) is 5.56 Å². The molecule has 3 rings (SSSR count). The maximum absolute atomic E-state index is 12.6. The molecular weight excluding hydrogens is 336 g/mol. The fourth-order valence-corrected chi connectivity index (χ4v) is 2.89. The van der Waals surface area contributed by atoms with Crippen LogP contribution in [0.2, 0.25) is 0 Å². The van der Waals surface area contributed by atoms with E-state index in [2.05, 4.69) is 19.2 Å². The van der Waals surface area contributed by atoms with Crippen molar-refractivity contribution in [2.24, 2.45) is 0 Å². The Morgan fingerprint density at radius 3 is 2.20 bits per heavy atom. The molecule has 0 radical (unpaired) electrons. The van der Waals surface area contributed by atoms with E-state index in [0.717, 1.165) is 16.2 Å². The highest BCUT2D eigenvalue weighted by Crippen LogP contribution is 2.27. The van der Waals surface area contributed by atoms with E-state index in [4.69, 9.17) is 11.6 Å². The number of imide groups is 1. The van der Waals surface area contributed by atoms with Gasteiger partial charge < -0.3 is 5.32 Å². The number of anilines is 1. The van der Waals surface area contributed by atoms with Crippen LogP contribution in [0.15, 0.2) is 65.3 Å². The molecular formula is C20H19ClN2O2. The molecule has 1 heterocycles. The van der Waals surface area contributed by atoms with Crippen LogP contribution in [0, 0.1) is 0 Å². The molecule has 0 unspecified atom stereocenters. The molecule has 0 aliphatic carbocycles. The van der Waals surface area contributed by atoms with Crippen LogP contribution >= 0.6 is 11.6 Å². The third-order valence-corrected chi connectivity index (χ3v) is 4.49. The summed E-state index contributed by atoms with van der Waals surface area (Å²) in [4.78, 5) is 26.1. The number of nitrogens with one attached hydrogen (secondary N) is 1. The molecule has 1 N–H and O–H groups in total. The summed E-state index contributed by atoms with van der Waals surface area (Å²) >= 11 is 6.12. The Kier molecular flexibility index (Phi) is 4.91. The zero-order valence-corrected chi connectivity index (χ0v) is 14.9. The van der Waals surface area contributed by atoms with E-state index in [1.54, 1.807) is 0 Å². The first-order valence-corrected chi connectivity index (χ1v) is 8.52. The average Bonchev–Trinajstić information content (AvgIpc) is 2.81. The summed E-state index contributed by atoms with van der Waals surface area (Å²) in [6.45, 7) is 4.43. The molecule has 0 bridgehead atoms. The lowest BCUT2D eigenvalue weighted by molar-refractivity contribution is -0.138. The van der Waals surface area contributed by atoms with Crippen LogP contribution in [0.3, 0.4) is 0 Å². The first kappa shape index (κ1) is 17.2. The summed E-state index contributed by atoms with van der Waals surface area (Å²) in [6, 6.07) is 17.1. The van der Waals surface area contributed by atoms with Crippen molar-refractivity contribution in [3.8, 4) is 0 Å². The highest BCUT2D eigenvalue weighted by Gasteiger charge is 2.37. The van der Waals surface area contributed by atoms with Crippen molar-refractivity contribution in [2.45, 2.75) is 26.3 Å². The lowest BCUT2D eigenvalue weighted by Gasteiger charge is -2.15. The third kappa shape index (κ3) is 3.59. The molecule has 4 nitrogen and oxygen atoms in total. The maximum Gasteiger partial charge on any atom is 0.279 e. The van der Waals surface area contributed by atoms with Crippen LogP contribution in [0.5, 0.6) is 0 Å². The second-order valence-electron chi connectivity index (χ2n) is 6.27. The summed E-state index contributed by atoms with van der Waals surface area (Å²) in [7, 11) is 0. The van der Waals surface area contributed by atoms with Gasteiger partial charge in [-0.3, -0.25) is 14.5 Å². The molecule has 2 aromatic carbocycles. The maximum atomic E-state index is 12.6. The van der Waals surface area contributed by atoms with E-state index in [1.807, 2.05) is 54.6 Å². The monoisotopic (exact) mass is 354 g/mol. The second-order valence-corrected chi connectivity index (χ2v) is 6.65. The normalized spacial score (nSPS) is 14.6. The van der Waals surface area contributed by atoms with Gasteiger partial charge in [0.15, 0.2) is 0 Å². The van der Waals surface area contributed by atoms with Crippen LogP contribution in [-0.4, -0.2) is 16.7 Å². The summed E-state index contributed by atoms with van der Waals surface area (Å²) < 4.78 is 0. The number of carbonyl (C=O) groups excluding carboxylic acids is 2. The Morgan fingerprint density at radius 1 is 0.960 bits per heavy atom. The van der Waals surface area contributed by atoms with Gasteiger partial charge in [0, 0.05) is 5.69 Å². The average molecular weight is 355 g/mol. The molecule has 25 heavy (non-hydrogen) atoms. The molecule has 0 saturated carbocycles. The Balaban J connectivity index is 1.77. The summed E-state index contributed by atoms with van der Waals surface area (Å²) in [5, 5.41) is 2.91. The van der Waals surface area contributed by atoms with Gasteiger partial charge in [0.2, 0.25) is 0 Å². The van der Waals surface area contributed by atoms with Crippen molar-refractivity contribution < 1.29 is 9.59 Å². The molecule has 1 aliphatic heterocycles. The van der Waals surface area contributed by atoms with Gasteiger partial charge in [-0.2, -0.15) is 0 Å². The number of carbonyl (C=O) groups is 2. The first-order chi connectivity index (χ1) is 12.0. The highest BCUT2D eigenvalue weighted by atomic mass is 35.5. The van der Waals surface area contributed by atoms with Crippen molar-refractivity contribution in [3.63, 3.8) is 0 Å². The Hall–Kier alpha value is -2.59.